The molecule has 2 rings (SSSR count). The molecule has 6 heteroatoms. The fourth-order valence-electron chi connectivity index (χ4n) is 1.65. The van der Waals surface area contributed by atoms with E-state index in [9.17, 15) is 12.8 Å². The van der Waals surface area contributed by atoms with E-state index in [-0.39, 0.29) is 23.5 Å². The van der Waals surface area contributed by atoms with Gasteiger partial charge in [-0.3, -0.25) is 0 Å². The number of halogens is 1. The minimum atomic E-state index is -3.70. The van der Waals surface area contributed by atoms with E-state index < -0.39 is 21.4 Å². The smallest absolute Gasteiger partial charge is 0.241 e. The van der Waals surface area contributed by atoms with Gasteiger partial charge >= 0.3 is 0 Å². The second-order valence-corrected chi connectivity index (χ2v) is 6.77. The molecule has 0 atom stereocenters. The molecule has 1 aliphatic carbocycles. The van der Waals surface area contributed by atoms with Crippen LogP contribution >= 0.6 is 0 Å². The van der Waals surface area contributed by atoms with Gasteiger partial charge in [-0.15, -0.1) is 0 Å². The van der Waals surface area contributed by atoms with E-state index in [4.69, 9.17) is 5.11 Å². The molecule has 0 bridgehead atoms. The summed E-state index contributed by atoms with van der Waals surface area (Å²) in [5, 5.41) is 8.59. The number of hydrogen-bond donors (Lipinski definition) is 2. The number of sulfonamides is 1. The lowest BCUT2D eigenvalue weighted by molar-refractivity contribution is 0.305. The lowest BCUT2D eigenvalue weighted by Crippen LogP contribution is -2.34. The highest BCUT2D eigenvalue weighted by atomic mass is 32.2. The van der Waals surface area contributed by atoms with Crippen LogP contribution in [0.15, 0.2) is 23.1 Å². The summed E-state index contributed by atoms with van der Waals surface area (Å²) in [6.07, 6.45) is 1.83. The van der Waals surface area contributed by atoms with Crippen molar-refractivity contribution in [3.63, 3.8) is 0 Å². The first kappa shape index (κ1) is 15.0. The summed E-state index contributed by atoms with van der Waals surface area (Å²) in [5.74, 6) is 4.47. The Balaban J connectivity index is 2.23. The van der Waals surface area contributed by atoms with Gasteiger partial charge in [-0.2, -0.15) is 0 Å². The Hall–Kier alpha value is -1.42. The summed E-state index contributed by atoms with van der Waals surface area (Å²) >= 11 is 0. The third-order valence-electron chi connectivity index (χ3n) is 3.09. The van der Waals surface area contributed by atoms with Crippen LogP contribution in [-0.4, -0.2) is 25.7 Å². The molecule has 1 aliphatic rings. The SMILES string of the molecule is CC1(NS(=O)(=O)c2ccc(C#CCCO)c(F)c2)CC1. The average Bonchev–Trinajstić information content (AvgIpc) is 3.08. The van der Waals surface area contributed by atoms with Crippen molar-refractivity contribution in [3.05, 3.63) is 29.6 Å². The van der Waals surface area contributed by atoms with Gasteiger partial charge in [0.25, 0.3) is 0 Å². The molecule has 0 saturated heterocycles. The van der Waals surface area contributed by atoms with Gasteiger partial charge in [0.15, 0.2) is 0 Å². The molecule has 0 aromatic heterocycles. The normalized spacial score (nSPS) is 16.4. The van der Waals surface area contributed by atoms with Crippen molar-refractivity contribution in [2.24, 2.45) is 0 Å². The number of nitrogens with one attached hydrogen (secondary N) is 1. The van der Waals surface area contributed by atoms with Crippen LogP contribution in [0.25, 0.3) is 0 Å². The van der Waals surface area contributed by atoms with Gasteiger partial charge < -0.3 is 5.11 Å². The third kappa shape index (κ3) is 3.57. The minimum Gasteiger partial charge on any atom is -0.395 e. The first-order chi connectivity index (χ1) is 9.36. The van der Waals surface area contributed by atoms with Crippen LogP contribution in [-0.2, 0) is 10.0 Å². The molecule has 0 radical (unpaired) electrons. The van der Waals surface area contributed by atoms with Crippen LogP contribution in [0.5, 0.6) is 0 Å². The maximum atomic E-state index is 13.8. The summed E-state index contributed by atoms with van der Waals surface area (Å²) in [5.41, 5.74) is -0.274. The van der Waals surface area contributed by atoms with Crippen molar-refractivity contribution < 1.29 is 17.9 Å². The standard InChI is InChI=1S/C14H16FNO3S/c1-14(7-8-14)16-20(18,19)12-6-5-11(13(15)10-12)4-2-3-9-17/h5-6,10,16-17H,3,7-9H2,1H3. The van der Waals surface area contributed by atoms with Crippen LogP contribution in [0, 0.1) is 17.7 Å². The monoisotopic (exact) mass is 297 g/mol. The first-order valence-corrected chi connectivity index (χ1v) is 7.78. The number of aliphatic hydroxyl groups excluding tert-OH is 1. The van der Waals surface area contributed by atoms with E-state index in [2.05, 4.69) is 16.6 Å². The molecule has 1 aromatic rings. The highest BCUT2D eigenvalue weighted by Crippen LogP contribution is 2.36. The van der Waals surface area contributed by atoms with E-state index in [1.54, 1.807) is 0 Å². The quantitative estimate of drug-likeness (QED) is 0.825. The maximum absolute atomic E-state index is 13.8. The Morgan fingerprint density at radius 2 is 2.15 bits per heavy atom. The largest absolute Gasteiger partial charge is 0.395 e. The van der Waals surface area contributed by atoms with Gasteiger partial charge in [-0.05, 0) is 38.0 Å². The summed E-state index contributed by atoms with van der Waals surface area (Å²) in [7, 11) is -3.70. The maximum Gasteiger partial charge on any atom is 0.241 e. The van der Waals surface area contributed by atoms with Gasteiger partial charge in [0.1, 0.15) is 5.82 Å². The first-order valence-electron chi connectivity index (χ1n) is 6.30. The van der Waals surface area contributed by atoms with E-state index >= 15 is 0 Å². The minimum absolute atomic E-state index is 0.0937. The third-order valence-corrected chi connectivity index (χ3v) is 4.73. The molecule has 20 heavy (non-hydrogen) atoms. The topological polar surface area (TPSA) is 66.4 Å². The second kappa shape index (κ2) is 5.52. The molecule has 1 saturated carbocycles. The van der Waals surface area contributed by atoms with Crippen molar-refractivity contribution >= 4 is 10.0 Å². The average molecular weight is 297 g/mol. The summed E-state index contributed by atoms with van der Waals surface area (Å²) in [4.78, 5) is -0.101. The predicted octanol–water partition coefficient (Wildman–Crippen LogP) is 1.39. The van der Waals surface area contributed by atoms with Crippen molar-refractivity contribution in [3.8, 4) is 11.8 Å². The molecule has 0 heterocycles. The van der Waals surface area contributed by atoms with E-state index in [0.29, 0.717) is 0 Å². The molecule has 108 valence electrons. The highest BCUT2D eigenvalue weighted by molar-refractivity contribution is 7.89. The van der Waals surface area contributed by atoms with Crippen LogP contribution in [0.2, 0.25) is 0 Å². The zero-order valence-corrected chi connectivity index (χ0v) is 11.9. The Morgan fingerprint density at radius 3 is 2.70 bits per heavy atom. The summed E-state index contributed by atoms with van der Waals surface area (Å²) in [6, 6.07) is 3.64. The van der Waals surface area contributed by atoms with Gasteiger partial charge in [0.05, 0.1) is 17.1 Å². The molecular weight excluding hydrogens is 281 g/mol. The van der Waals surface area contributed by atoms with Crippen molar-refractivity contribution in [2.45, 2.75) is 36.6 Å². The number of aliphatic hydroxyl groups is 1. The van der Waals surface area contributed by atoms with Gasteiger partial charge in [-0.25, -0.2) is 17.5 Å². The second-order valence-electron chi connectivity index (χ2n) is 5.08. The number of benzene rings is 1. The fourth-order valence-corrected chi connectivity index (χ4v) is 3.13. The van der Waals surface area contributed by atoms with E-state index in [1.165, 1.54) is 12.1 Å². The van der Waals surface area contributed by atoms with Crippen LogP contribution in [0.1, 0.15) is 31.7 Å². The molecule has 4 nitrogen and oxygen atoms in total. The Morgan fingerprint density at radius 1 is 1.45 bits per heavy atom. The Labute approximate surface area is 118 Å². The van der Waals surface area contributed by atoms with Crippen LogP contribution < -0.4 is 4.72 Å². The zero-order chi connectivity index (χ0) is 14.8. The van der Waals surface area contributed by atoms with Crippen molar-refractivity contribution in [1.29, 1.82) is 0 Å². The van der Waals surface area contributed by atoms with E-state index in [0.717, 1.165) is 18.9 Å². The van der Waals surface area contributed by atoms with Crippen LogP contribution in [0.3, 0.4) is 0 Å². The molecule has 0 amide bonds. The lowest BCUT2D eigenvalue weighted by atomic mass is 10.2. The molecule has 2 N–H and O–H groups in total. The van der Waals surface area contributed by atoms with Crippen molar-refractivity contribution in [2.75, 3.05) is 6.61 Å². The molecule has 0 aliphatic heterocycles. The van der Waals surface area contributed by atoms with Crippen molar-refractivity contribution in [1.82, 2.24) is 4.72 Å². The predicted molar refractivity (Wildman–Crippen MR) is 72.9 cm³/mol. The highest BCUT2D eigenvalue weighted by Gasteiger charge is 2.41. The summed E-state index contributed by atoms with van der Waals surface area (Å²) in [6.45, 7) is 1.72. The fraction of sp³-hybridized carbons (Fsp3) is 0.429. The summed E-state index contributed by atoms with van der Waals surface area (Å²) < 4.78 is 40.5. The lowest BCUT2D eigenvalue weighted by Gasteiger charge is -2.12. The Bertz CT molecular complexity index is 669. The van der Waals surface area contributed by atoms with Gasteiger partial charge in [0, 0.05) is 12.0 Å². The molecule has 1 aromatic carbocycles. The number of hydrogen-bond acceptors (Lipinski definition) is 3. The number of rotatable bonds is 4. The van der Waals surface area contributed by atoms with Gasteiger partial charge in [-0.1, -0.05) is 11.8 Å². The van der Waals surface area contributed by atoms with E-state index in [1.807, 2.05) is 6.92 Å². The molecular formula is C14H16FNO3S. The molecule has 0 unspecified atom stereocenters. The van der Waals surface area contributed by atoms with Crippen LogP contribution in [0.4, 0.5) is 4.39 Å². The molecule has 0 spiro atoms. The van der Waals surface area contributed by atoms with Gasteiger partial charge in [0.2, 0.25) is 10.0 Å². The molecule has 1 fully saturated rings. The Kier molecular flexibility index (Phi) is 4.14. The zero-order valence-electron chi connectivity index (χ0n) is 11.1.